The second kappa shape index (κ2) is 11.3. The molecule has 0 saturated heterocycles. The molecule has 4 aromatic rings. The van der Waals surface area contributed by atoms with Crippen LogP contribution in [0.5, 0.6) is 5.75 Å². The van der Waals surface area contributed by atoms with Gasteiger partial charge in [-0.05, 0) is 71.1 Å². The number of amides is 2. The number of carbonyl (C=O) groups is 2. The van der Waals surface area contributed by atoms with E-state index in [-0.39, 0.29) is 30.0 Å². The maximum Gasteiger partial charge on any atom is 0.287 e. The highest BCUT2D eigenvalue weighted by Gasteiger charge is 2.32. The molecule has 38 heavy (non-hydrogen) atoms. The summed E-state index contributed by atoms with van der Waals surface area (Å²) in [7, 11) is 0. The Morgan fingerprint density at radius 3 is 2.82 bits per heavy atom. The third-order valence-electron chi connectivity index (χ3n) is 6.58. The fraction of sp³-hybridized carbons (Fsp3) is 0.233. The number of pyridine rings is 1. The van der Waals surface area contributed by atoms with Crippen molar-refractivity contribution in [1.82, 2.24) is 15.2 Å². The van der Waals surface area contributed by atoms with Gasteiger partial charge in [0.15, 0.2) is 5.76 Å². The van der Waals surface area contributed by atoms with Gasteiger partial charge in [-0.1, -0.05) is 31.2 Å². The standard InChI is InChI=1S/C30H28FN3O4/c1-2-28(35)34-14-12-21-8-9-24(16-26(21)29(34)22-6-3-7-23(31)15-22)37-19-25-10-11-27(38-25)30(36)33-18-20-5-4-13-32-17-20/h3-11,13,15-17,29H,2,12,14,18-19H2,1H3,(H,33,36). The zero-order valence-corrected chi connectivity index (χ0v) is 21.0. The Hall–Kier alpha value is -4.46. The Kier molecular flexibility index (Phi) is 7.49. The van der Waals surface area contributed by atoms with Crippen LogP contribution in [0.2, 0.25) is 0 Å². The Morgan fingerprint density at radius 2 is 2.03 bits per heavy atom. The predicted molar refractivity (Wildman–Crippen MR) is 139 cm³/mol. The number of benzene rings is 2. The molecule has 3 heterocycles. The average molecular weight is 514 g/mol. The number of nitrogens with zero attached hydrogens (tertiary/aromatic N) is 2. The SMILES string of the molecule is CCC(=O)N1CCc2ccc(OCc3ccc(C(=O)NCc4cccnc4)o3)cc2C1c1cccc(F)c1. The molecule has 8 heteroatoms. The van der Waals surface area contributed by atoms with Gasteiger partial charge in [-0.25, -0.2) is 4.39 Å². The molecule has 1 atom stereocenters. The molecule has 0 radical (unpaired) electrons. The Bertz CT molecular complexity index is 1440. The lowest BCUT2D eigenvalue weighted by Gasteiger charge is -2.38. The third-order valence-corrected chi connectivity index (χ3v) is 6.58. The van der Waals surface area contributed by atoms with Crippen molar-refractivity contribution in [2.24, 2.45) is 0 Å². The summed E-state index contributed by atoms with van der Waals surface area (Å²) in [5.41, 5.74) is 3.62. The molecular weight excluding hydrogens is 485 g/mol. The number of hydrogen-bond donors (Lipinski definition) is 1. The Labute approximate surface area is 220 Å². The molecule has 1 N–H and O–H groups in total. The lowest BCUT2D eigenvalue weighted by atomic mass is 9.87. The summed E-state index contributed by atoms with van der Waals surface area (Å²) in [6.45, 7) is 2.87. The first-order valence-electron chi connectivity index (χ1n) is 12.6. The van der Waals surface area contributed by atoms with Crippen molar-refractivity contribution in [1.29, 1.82) is 0 Å². The van der Waals surface area contributed by atoms with Crippen LogP contribution in [0.25, 0.3) is 0 Å². The van der Waals surface area contributed by atoms with Gasteiger partial charge in [-0.15, -0.1) is 0 Å². The molecule has 2 amide bonds. The smallest absolute Gasteiger partial charge is 0.287 e. The molecule has 5 rings (SSSR count). The lowest BCUT2D eigenvalue weighted by Crippen LogP contribution is -2.40. The minimum absolute atomic E-state index is 0.0150. The maximum atomic E-state index is 14.1. The minimum atomic E-state index is -0.399. The summed E-state index contributed by atoms with van der Waals surface area (Å²) >= 11 is 0. The van der Waals surface area contributed by atoms with Crippen molar-refractivity contribution in [3.05, 3.63) is 119 Å². The minimum Gasteiger partial charge on any atom is -0.486 e. The first-order valence-corrected chi connectivity index (χ1v) is 12.6. The van der Waals surface area contributed by atoms with Gasteiger partial charge in [0, 0.05) is 31.9 Å². The van der Waals surface area contributed by atoms with Crippen LogP contribution < -0.4 is 10.1 Å². The molecule has 1 aliphatic rings. The molecule has 0 saturated carbocycles. The summed E-state index contributed by atoms with van der Waals surface area (Å²) in [5, 5.41) is 2.81. The van der Waals surface area contributed by atoms with Crippen LogP contribution in [0.4, 0.5) is 4.39 Å². The number of nitrogens with one attached hydrogen (secondary N) is 1. The van der Waals surface area contributed by atoms with E-state index in [2.05, 4.69) is 10.3 Å². The van der Waals surface area contributed by atoms with Gasteiger partial charge in [0.2, 0.25) is 5.91 Å². The highest BCUT2D eigenvalue weighted by Crippen LogP contribution is 2.38. The number of fused-ring (bicyclic) bond motifs is 1. The molecule has 7 nitrogen and oxygen atoms in total. The molecular formula is C30H28FN3O4. The third kappa shape index (κ3) is 5.59. The fourth-order valence-corrected chi connectivity index (χ4v) is 4.70. The van der Waals surface area contributed by atoms with Gasteiger partial charge < -0.3 is 19.4 Å². The molecule has 0 fully saturated rings. The topological polar surface area (TPSA) is 84.7 Å². The number of hydrogen-bond acceptors (Lipinski definition) is 5. The number of furan rings is 1. The molecule has 0 spiro atoms. The van der Waals surface area contributed by atoms with Crippen LogP contribution in [0.15, 0.2) is 83.5 Å². The molecule has 0 bridgehead atoms. The monoisotopic (exact) mass is 513 g/mol. The van der Waals surface area contributed by atoms with Gasteiger partial charge in [-0.3, -0.25) is 14.6 Å². The number of carbonyl (C=O) groups excluding carboxylic acids is 2. The first kappa shape index (κ1) is 25.2. The lowest BCUT2D eigenvalue weighted by molar-refractivity contribution is -0.132. The van der Waals surface area contributed by atoms with Crippen LogP contribution in [0, 0.1) is 5.82 Å². The van der Waals surface area contributed by atoms with Crippen LogP contribution >= 0.6 is 0 Å². The van der Waals surface area contributed by atoms with Crippen LogP contribution in [0.3, 0.4) is 0 Å². The Balaban J connectivity index is 1.30. The quantitative estimate of drug-likeness (QED) is 0.350. The Morgan fingerprint density at radius 1 is 1.13 bits per heavy atom. The van der Waals surface area contributed by atoms with E-state index in [0.717, 1.165) is 22.3 Å². The van der Waals surface area contributed by atoms with E-state index in [1.807, 2.05) is 48.2 Å². The maximum absolute atomic E-state index is 14.1. The van der Waals surface area contributed by atoms with Crippen molar-refractivity contribution in [3.8, 4) is 5.75 Å². The molecule has 1 unspecified atom stereocenters. The second-order valence-electron chi connectivity index (χ2n) is 9.11. The number of ether oxygens (including phenoxy) is 1. The summed E-state index contributed by atoms with van der Waals surface area (Å²) in [6, 6.07) is 18.8. The van der Waals surface area contributed by atoms with E-state index < -0.39 is 6.04 Å². The zero-order chi connectivity index (χ0) is 26.5. The van der Waals surface area contributed by atoms with Crippen molar-refractivity contribution in [2.45, 2.75) is 39.0 Å². The predicted octanol–water partition coefficient (Wildman–Crippen LogP) is 5.21. The zero-order valence-electron chi connectivity index (χ0n) is 21.0. The summed E-state index contributed by atoms with van der Waals surface area (Å²) in [5.74, 6) is 0.629. The van der Waals surface area contributed by atoms with Crippen molar-refractivity contribution in [3.63, 3.8) is 0 Å². The second-order valence-corrected chi connectivity index (χ2v) is 9.11. The van der Waals surface area contributed by atoms with Gasteiger partial charge in [0.25, 0.3) is 5.91 Å². The number of aromatic nitrogens is 1. The van der Waals surface area contributed by atoms with E-state index in [4.69, 9.17) is 9.15 Å². The van der Waals surface area contributed by atoms with Crippen molar-refractivity contribution >= 4 is 11.8 Å². The number of rotatable bonds is 8. The summed E-state index contributed by atoms with van der Waals surface area (Å²) in [6.07, 6.45) is 4.45. The van der Waals surface area contributed by atoms with Crippen LogP contribution in [-0.2, 0) is 24.4 Å². The highest BCUT2D eigenvalue weighted by atomic mass is 19.1. The molecule has 194 valence electrons. The number of halogens is 1. The fourth-order valence-electron chi connectivity index (χ4n) is 4.70. The normalized spacial score (nSPS) is 14.6. The van der Waals surface area contributed by atoms with E-state index in [9.17, 15) is 14.0 Å². The van der Waals surface area contributed by atoms with E-state index in [1.165, 1.54) is 12.1 Å². The van der Waals surface area contributed by atoms with E-state index >= 15 is 0 Å². The van der Waals surface area contributed by atoms with Gasteiger partial charge in [0.1, 0.15) is 23.9 Å². The van der Waals surface area contributed by atoms with Crippen molar-refractivity contribution in [2.75, 3.05) is 6.54 Å². The molecule has 2 aromatic heterocycles. The molecule has 0 aliphatic carbocycles. The average Bonchev–Trinajstić information content (AvgIpc) is 3.43. The van der Waals surface area contributed by atoms with Crippen LogP contribution in [-0.4, -0.2) is 28.2 Å². The molecule has 2 aromatic carbocycles. The summed E-state index contributed by atoms with van der Waals surface area (Å²) < 4.78 is 25.8. The van der Waals surface area contributed by atoms with Crippen LogP contribution in [0.1, 0.15) is 58.0 Å². The summed E-state index contributed by atoms with van der Waals surface area (Å²) in [4.78, 5) is 31.1. The highest BCUT2D eigenvalue weighted by molar-refractivity contribution is 5.91. The van der Waals surface area contributed by atoms with Gasteiger partial charge in [0.05, 0.1) is 6.04 Å². The van der Waals surface area contributed by atoms with E-state index in [1.54, 1.807) is 30.6 Å². The van der Waals surface area contributed by atoms with Gasteiger partial charge in [-0.2, -0.15) is 0 Å². The van der Waals surface area contributed by atoms with Gasteiger partial charge >= 0.3 is 0 Å². The molecule has 1 aliphatic heterocycles. The van der Waals surface area contributed by atoms with Crippen molar-refractivity contribution < 1.29 is 23.1 Å². The van der Waals surface area contributed by atoms with E-state index in [0.29, 0.717) is 37.4 Å². The first-order chi connectivity index (χ1) is 18.5. The largest absolute Gasteiger partial charge is 0.486 e.